The fourth-order valence-electron chi connectivity index (χ4n) is 2.08. The summed E-state index contributed by atoms with van der Waals surface area (Å²) < 4.78 is 20.7. The Kier molecular flexibility index (Phi) is 2.42. The van der Waals surface area contributed by atoms with E-state index in [4.69, 9.17) is 10.5 Å². The topological polar surface area (TPSA) is 99.1 Å². The monoisotopic (exact) mass is 253 g/mol. The van der Waals surface area contributed by atoms with Gasteiger partial charge in [-0.2, -0.15) is 0 Å². The van der Waals surface area contributed by atoms with Crippen LogP contribution in [0.3, 0.4) is 0 Å². The predicted octanol–water partition coefficient (Wildman–Crippen LogP) is 0.0248. The average Bonchev–Trinajstić information content (AvgIpc) is 2.88. The number of imidazole rings is 1. The lowest BCUT2D eigenvalue weighted by molar-refractivity contribution is -0.0137. The van der Waals surface area contributed by atoms with Gasteiger partial charge < -0.3 is 15.6 Å². The number of hydrogen-bond acceptors (Lipinski definition) is 6. The minimum Gasteiger partial charge on any atom is -0.387 e. The zero-order valence-corrected chi connectivity index (χ0v) is 9.56. The van der Waals surface area contributed by atoms with E-state index in [1.165, 1.54) is 17.2 Å². The molecule has 0 unspecified atom stereocenters. The van der Waals surface area contributed by atoms with Gasteiger partial charge >= 0.3 is 0 Å². The molecule has 1 fully saturated rings. The van der Waals surface area contributed by atoms with Crippen molar-refractivity contribution in [1.29, 1.82) is 0 Å². The summed E-state index contributed by atoms with van der Waals surface area (Å²) in [7, 11) is 0. The van der Waals surface area contributed by atoms with E-state index in [-0.39, 0.29) is 5.82 Å². The second-order valence-corrected chi connectivity index (χ2v) is 4.25. The number of fused-ring (bicyclic) bond motifs is 1. The molecule has 1 aliphatic heterocycles. The molecule has 1 saturated heterocycles. The first-order valence-corrected chi connectivity index (χ1v) is 5.50. The van der Waals surface area contributed by atoms with Crippen molar-refractivity contribution in [3.63, 3.8) is 0 Å². The molecule has 0 radical (unpaired) electrons. The number of rotatable bonds is 1. The molecule has 0 bridgehead atoms. The Labute approximate surface area is 101 Å². The molecule has 0 aliphatic carbocycles. The number of aromatic nitrogens is 4. The van der Waals surface area contributed by atoms with Crippen LogP contribution in [-0.2, 0) is 4.74 Å². The van der Waals surface area contributed by atoms with Crippen LogP contribution >= 0.6 is 0 Å². The predicted molar refractivity (Wildman–Crippen MR) is 60.2 cm³/mol. The second-order valence-electron chi connectivity index (χ2n) is 4.25. The summed E-state index contributed by atoms with van der Waals surface area (Å²) in [6.45, 7) is 1.61. The summed E-state index contributed by atoms with van der Waals surface area (Å²) in [6.07, 6.45) is -1.56. The van der Waals surface area contributed by atoms with Crippen LogP contribution < -0.4 is 5.73 Å². The Balaban J connectivity index is 2.08. The van der Waals surface area contributed by atoms with Crippen LogP contribution in [0, 0.1) is 0 Å². The van der Waals surface area contributed by atoms with Crippen LogP contribution in [-0.4, -0.2) is 43.0 Å². The lowest BCUT2D eigenvalue weighted by Crippen LogP contribution is -2.26. The summed E-state index contributed by atoms with van der Waals surface area (Å²) in [5.74, 6) is 0.223. The molecule has 3 rings (SSSR count). The third-order valence-electron chi connectivity index (χ3n) is 3.09. The molecule has 2 aromatic rings. The summed E-state index contributed by atoms with van der Waals surface area (Å²) in [5, 5.41) is 9.57. The first kappa shape index (κ1) is 11.3. The molecule has 1 aliphatic rings. The number of nitrogen functional groups attached to an aromatic ring is 1. The van der Waals surface area contributed by atoms with E-state index in [1.807, 2.05) is 0 Å². The van der Waals surface area contributed by atoms with Gasteiger partial charge in [0.2, 0.25) is 0 Å². The van der Waals surface area contributed by atoms with E-state index in [0.717, 1.165) is 0 Å². The van der Waals surface area contributed by atoms with E-state index < -0.39 is 24.6 Å². The van der Waals surface area contributed by atoms with Gasteiger partial charge in [0.15, 0.2) is 23.9 Å². The maximum absolute atomic E-state index is 13.9. The molecule has 7 nitrogen and oxygen atoms in total. The smallest absolute Gasteiger partial charge is 0.173 e. The van der Waals surface area contributed by atoms with E-state index in [9.17, 15) is 9.50 Å². The normalized spacial score (nSPS) is 32.2. The van der Waals surface area contributed by atoms with Crippen LogP contribution in [0.4, 0.5) is 10.2 Å². The molecule has 0 aromatic carbocycles. The summed E-state index contributed by atoms with van der Waals surface area (Å²) in [4.78, 5) is 11.8. The number of aliphatic hydroxyl groups is 1. The Bertz CT molecular complexity index is 589. The van der Waals surface area contributed by atoms with Gasteiger partial charge in [-0.25, -0.2) is 19.3 Å². The van der Waals surface area contributed by atoms with Gasteiger partial charge in [-0.1, -0.05) is 0 Å². The molecule has 96 valence electrons. The Morgan fingerprint density at radius 2 is 2.22 bits per heavy atom. The van der Waals surface area contributed by atoms with E-state index in [1.54, 1.807) is 6.92 Å². The van der Waals surface area contributed by atoms with Crippen LogP contribution in [0.5, 0.6) is 0 Å². The van der Waals surface area contributed by atoms with Crippen LogP contribution in [0.1, 0.15) is 13.2 Å². The number of alkyl halides is 1. The van der Waals surface area contributed by atoms with E-state index in [2.05, 4.69) is 15.0 Å². The van der Waals surface area contributed by atoms with Gasteiger partial charge in [0.05, 0.1) is 12.4 Å². The lowest BCUT2D eigenvalue weighted by atomic mass is 10.2. The average molecular weight is 253 g/mol. The molecule has 4 atom stereocenters. The summed E-state index contributed by atoms with van der Waals surface area (Å²) >= 11 is 0. The van der Waals surface area contributed by atoms with E-state index >= 15 is 0 Å². The highest BCUT2D eigenvalue weighted by molar-refractivity contribution is 5.81. The number of nitrogens with two attached hydrogens (primary N) is 1. The molecular formula is C10H12FN5O2. The lowest BCUT2D eigenvalue weighted by Gasteiger charge is -2.14. The van der Waals surface area contributed by atoms with Crippen molar-refractivity contribution in [3.05, 3.63) is 12.7 Å². The van der Waals surface area contributed by atoms with Gasteiger partial charge in [-0.3, -0.25) is 4.57 Å². The van der Waals surface area contributed by atoms with Crippen molar-refractivity contribution in [2.75, 3.05) is 5.73 Å². The number of aliphatic hydroxyl groups excluding tert-OH is 1. The van der Waals surface area contributed by atoms with Crippen molar-refractivity contribution in [2.24, 2.45) is 0 Å². The number of hydrogen-bond donors (Lipinski definition) is 2. The first-order chi connectivity index (χ1) is 8.59. The molecule has 2 aromatic heterocycles. The molecule has 0 saturated carbocycles. The Morgan fingerprint density at radius 1 is 1.44 bits per heavy atom. The Morgan fingerprint density at radius 3 is 2.89 bits per heavy atom. The molecule has 3 heterocycles. The highest BCUT2D eigenvalue weighted by Gasteiger charge is 2.43. The van der Waals surface area contributed by atoms with Crippen molar-refractivity contribution >= 4 is 17.0 Å². The minimum atomic E-state index is -1.53. The maximum Gasteiger partial charge on any atom is 0.173 e. The Hall–Kier alpha value is -1.80. The minimum absolute atomic E-state index is 0.223. The number of halogens is 1. The number of nitrogens with zero attached hydrogens (tertiary/aromatic N) is 4. The molecule has 0 amide bonds. The second kappa shape index (κ2) is 3.85. The van der Waals surface area contributed by atoms with Crippen molar-refractivity contribution < 1.29 is 14.2 Å². The van der Waals surface area contributed by atoms with Crippen LogP contribution in [0.2, 0.25) is 0 Å². The third kappa shape index (κ3) is 1.46. The molecule has 0 spiro atoms. The van der Waals surface area contributed by atoms with E-state index in [0.29, 0.717) is 11.2 Å². The molecule has 3 N–H and O–H groups in total. The van der Waals surface area contributed by atoms with Gasteiger partial charge in [-0.15, -0.1) is 0 Å². The highest BCUT2D eigenvalue weighted by atomic mass is 19.1. The maximum atomic E-state index is 13.9. The van der Waals surface area contributed by atoms with Crippen molar-refractivity contribution in [1.82, 2.24) is 19.5 Å². The van der Waals surface area contributed by atoms with Crippen LogP contribution in [0.25, 0.3) is 11.2 Å². The van der Waals surface area contributed by atoms with Crippen LogP contribution in [0.15, 0.2) is 12.7 Å². The summed E-state index contributed by atoms with van der Waals surface area (Å²) in [5.41, 5.74) is 6.42. The number of ether oxygens (including phenoxy) is 1. The fraction of sp³-hybridized carbons (Fsp3) is 0.500. The standard InChI is InChI=1S/C10H12FN5O2/c1-4-7(17)5(11)10(18-4)16-3-15-6-8(12)13-2-14-9(6)16/h2-5,7,10,17H,1H3,(H2,12,13,14)/t4-,5-,7-,10-/m1/s1. The zero-order chi connectivity index (χ0) is 12.9. The quantitative estimate of drug-likeness (QED) is 0.743. The third-order valence-corrected chi connectivity index (χ3v) is 3.09. The van der Waals surface area contributed by atoms with Gasteiger partial charge in [0.1, 0.15) is 17.9 Å². The first-order valence-electron chi connectivity index (χ1n) is 5.50. The van der Waals surface area contributed by atoms with Crippen molar-refractivity contribution in [3.8, 4) is 0 Å². The summed E-state index contributed by atoms with van der Waals surface area (Å²) in [6, 6.07) is 0. The van der Waals surface area contributed by atoms with Crippen molar-refractivity contribution in [2.45, 2.75) is 31.5 Å². The molecule has 8 heteroatoms. The number of anilines is 1. The zero-order valence-electron chi connectivity index (χ0n) is 9.56. The fourth-order valence-corrected chi connectivity index (χ4v) is 2.08. The SMILES string of the molecule is C[C@H]1O[C@@H](n2cnc3c(N)ncnc32)[C@H](F)[C@@H]1O. The van der Waals surface area contributed by atoms with Gasteiger partial charge in [0, 0.05) is 0 Å². The largest absolute Gasteiger partial charge is 0.387 e. The molecular weight excluding hydrogens is 241 g/mol. The van der Waals surface area contributed by atoms with Gasteiger partial charge in [0.25, 0.3) is 0 Å². The van der Waals surface area contributed by atoms with Gasteiger partial charge in [-0.05, 0) is 6.92 Å². The highest BCUT2D eigenvalue weighted by Crippen LogP contribution is 2.33. The molecule has 18 heavy (non-hydrogen) atoms.